The summed E-state index contributed by atoms with van der Waals surface area (Å²) in [4.78, 5) is 36.1. The number of hydrogen-bond acceptors (Lipinski definition) is 7. The van der Waals surface area contributed by atoms with Crippen molar-refractivity contribution in [3.8, 4) is 0 Å². The second kappa shape index (κ2) is 10.1. The highest BCUT2D eigenvalue weighted by molar-refractivity contribution is 7.80. The minimum atomic E-state index is -1.13. The number of thiol groups is 1. The number of amides is 2. The molecule has 0 saturated heterocycles. The van der Waals surface area contributed by atoms with Crippen LogP contribution in [0.4, 0.5) is 0 Å². The van der Waals surface area contributed by atoms with Gasteiger partial charge in [-0.1, -0.05) is 27.7 Å². The lowest BCUT2D eigenvalue weighted by Crippen LogP contribution is -2.56. The van der Waals surface area contributed by atoms with Crippen molar-refractivity contribution in [2.24, 2.45) is 28.0 Å². The first-order valence-electron chi connectivity index (χ1n) is 8.43. The predicted octanol–water partition coefficient (Wildman–Crippen LogP) is -1.34. The average molecular weight is 392 g/mol. The Hall–Kier alpha value is -1.36. The van der Waals surface area contributed by atoms with Crippen LogP contribution in [0.1, 0.15) is 34.1 Å². The molecule has 0 aliphatic heterocycles. The fourth-order valence-corrected chi connectivity index (χ4v) is 2.98. The Morgan fingerprint density at radius 2 is 1.58 bits per heavy atom. The number of carbonyl (C=O) groups excluding carboxylic acids is 2. The molecule has 0 heterocycles. The van der Waals surface area contributed by atoms with Crippen LogP contribution in [0, 0.1) is 10.8 Å². The van der Waals surface area contributed by atoms with Gasteiger partial charge in [0, 0.05) is 24.3 Å². The Morgan fingerprint density at radius 3 is 1.96 bits per heavy atom. The summed E-state index contributed by atoms with van der Waals surface area (Å²) in [7, 11) is 0. The topological polar surface area (TPSA) is 174 Å². The molecule has 2 atom stereocenters. The Balaban J connectivity index is 5.08. The molecule has 0 bridgehead atoms. The van der Waals surface area contributed by atoms with E-state index in [9.17, 15) is 14.4 Å². The second-order valence-electron chi connectivity index (χ2n) is 7.75. The van der Waals surface area contributed by atoms with E-state index in [1.807, 2.05) is 0 Å². The molecule has 0 aliphatic carbocycles. The summed E-state index contributed by atoms with van der Waals surface area (Å²) in [5.74, 6) is -1.86. The van der Waals surface area contributed by atoms with E-state index in [1.165, 1.54) is 0 Å². The van der Waals surface area contributed by atoms with Gasteiger partial charge in [-0.3, -0.25) is 14.4 Å². The van der Waals surface area contributed by atoms with Crippen LogP contribution in [0.5, 0.6) is 0 Å². The van der Waals surface area contributed by atoms with Gasteiger partial charge in [0.05, 0.1) is 6.04 Å². The first-order chi connectivity index (χ1) is 11.8. The standard InChI is InChI=1S/C16H33N5O4S/c1-15(2,11(19)13(23)24)8-16(3,4)14(25)21-10(7-26)12(22)20-9(5-17)6-18/h9-11,26H,5-8,17-19H2,1-4H3,(H,20,22)(H,21,25)(H,23,24). The zero-order valence-corrected chi connectivity index (χ0v) is 16.8. The highest BCUT2D eigenvalue weighted by atomic mass is 32.1. The van der Waals surface area contributed by atoms with Crippen LogP contribution in [0.15, 0.2) is 0 Å². The lowest BCUT2D eigenvalue weighted by Gasteiger charge is -2.36. The summed E-state index contributed by atoms with van der Waals surface area (Å²) in [6.07, 6.45) is 0.217. The van der Waals surface area contributed by atoms with Crippen molar-refractivity contribution in [1.82, 2.24) is 10.6 Å². The molecule has 9 nitrogen and oxygen atoms in total. The van der Waals surface area contributed by atoms with Crippen LogP contribution in [0.25, 0.3) is 0 Å². The number of nitrogens with two attached hydrogens (primary N) is 3. The lowest BCUT2D eigenvalue weighted by molar-refractivity contribution is -0.143. The zero-order chi connectivity index (χ0) is 20.7. The van der Waals surface area contributed by atoms with Crippen molar-refractivity contribution in [3.05, 3.63) is 0 Å². The first kappa shape index (κ1) is 24.6. The van der Waals surface area contributed by atoms with Gasteiger partial charge in [0.25, 0.3) is 0 Å². The maximum absolute atomic E-state index is 12.7. The number of nitrogens with one attached hydrogen (secondary N) is 2. The zero-order valence-electron chi connectivity index (χ0n) is 15.9. The highest BCUT2D eigenvalue weighted by Gasteiger charge is 2.41. The van der Waals surface area contributed by atoms with E-state index in [0.717, 1.165) is 0 Å². The van der Waals surface area contributed by atoms with Gasteiger partial charge in [0.2, 0.25) is 11.8 Å². The van der Waals surface area contributed by atoms with Gasteiger partial charge in [-0.05, 0) is 11.8 Å². The van der Waals surface area contributed by atoms with E-state index < -0.39 is 40.7 Å². The first-order valence-corrected chi connectivity index (χ1v) is 9.06. The molecule has 0 saturated carbocycles. The minimum Gasteiger partial charge on any atom is -0.480 e. The summed E-state index contributed by atoms with van der Waals surface area (Å²) in [6, 6.07) is -2.36. The van der Waals surface area contributed by atoms with E-state index >= 15 is 0 Å². The molecular formula is C16H33N5O4S. The molecule has 152 valence electrons. The van der Waals surface area contributed by atoms with Crippen LogP contribution in [0.3, 0.4) is 0 Å². The number of rotatable bonds is 11. The third-order valence-electron chi connectivity index (χ3n) is 4.34. The van der Waals surface area contributed by atoms with Crippen LogP contribution in [0.2, 0.25) is 0 Å². The smallest absolute Gasteiger partial charge is 0.321 e. The van der Waals surface area contributed by atoms with Crippen molar-refractivity contribution < 1.29 is 19.5 Å². The van der Waals surface area contributed by atoms with Gasteiger partial charge in [-0.2, -0.15) is 12.6 Å². The summed E-state index contributed by atoms with van der Waals surface area (Å²) >= 11 is 4.12. The van der Waals surface area contributed by atoms with Crippen molar-refractivity contribution in [2.75, 3.05) is 18.8 Å². The van der Waals surface area contributed by atoms with Gasteiger partial charge < -0.3 is 32.9 Å². The maximum Gasteiger partial charge on any atom is 0.321 e. The van der Waals surface area contributed by atoms with E-state index in [0.29, 0.717) is 0 Å². The molecule has 2 unspecified atom stereocenters. The molecule has 0 radical (unpaired) electrons. The fraction of sp³-hybridized carbons (Fsp3) is 0.812. The summed E-state index contributed by atoms with van der Waals surface area (Å²) < 4.78 is 0. The number of aliphatic carboxylic acids is 1. The van der Waals surface area contributed by atoms with Crippen LogP contribution in [-0.2, 0) is 14.4 Å². The van der Waals surface area contributed by atoms with Crippen LogP contribution < -0.4 is 27.8 Å². The second-order valence-corrected chi connectivity index (χ2v) is 8.12. The van der Waals surface area contributed by atoms with E-state index in [1.54, 1.807) is 27.7 Å². The van der Waals surface area contributed by atoms with E-state index in [4.69, 9.17) is 22.3 Å². The third-order valence-corrected chi connectivity index (χ3v) is 4.71. The molecule has 9 N–H and O–H groups in total. The molecule has 0 aliphatic rings. The molecule has 0 aromatic rings. The fourth-order valence-electron chi connectivity index (χ4n) is 2.73. The number of carboxylic acid groups (broad SMARTS) is 1. The maximum atomic E-state index is 12.7. The number of carbonyl (C=O) groups is 3. The number of hydrogen-bond donors (Lipinski definition) is 7. The molecule has 26 heavy (non-hydrogen) atoms. The summed E-state index contributed by atoms with van der Waals surface area (Å²) in [5.41, 5.74) is 15.0. The Labute approximate surface area is 160 Å². The van der Waals surface area contributed by atoms with Gasteiger partial charge in [0.1, 0.15) is 12.1 Å². The Morgan fingerprint density at radius 1 is 1.08 bits per heavy atom. The normalized spacial score (nSPS) is 14.7. The van der Waals surface area contributed by atoms with Crippen molar-refractivity contribution in [1.29, 1.82) is 0 Å². The van der Waals surface area contributed by atoms with E-state index in [2.05, 4.69) is 23.3 Å². The molecular weight excluding hydrogens is 358 g/mol. The predicted molar refractivity (Wildman–Crippen MR) is 104 cm³/mol. The molecule has 2 amide bonds. The molecule has 0 aromatic heterocycles. The van der Waals surface area contributed by atoms with Crippen molar-refractivity contribution in [2.45, 2.75) is 52.2 Å². The van der Waals surface area contributed by atoms with Crippen molar-refractivity contribution >= 4 is 30.4 Å². The molecule has 0 spiro atoms. The largest absolute Gasteiger partial charge is 0.480 e. The van der Waals surface area contributed by atoms with Gasteiger partial charge in [-0.25, -0.2) is 0 Å². The van der Waals surface area contributed by atoms with Crippen molar-refractivity contribution in [3.63, 3.8) is 0 Å². The van der Waals surface area contributed by atoms with Crippen LogP contribution in [-0.4, -0.2) is 59.9 Å². The quantitative estimate of drug-likeness (QED) is 0.213. The van der Waals surface area contributed by atoms with Gasteiger partial charge in [0.15, 0.2) is 0 Å². The van der Waals surface area contributed by atoms with Crippen LogP contribution >= 0.6 is 12.6 Å². The van der Waals surface area contributed by atoms with Gasteiger partial charge in [-0.15, -0.1) is 0 Å². The minimum absolute atomic E-state index is 0.0908. The number of carboxylic acids is 1. The highest BCUT2D eigenvalue weighted by Crippen LogP contribution is 2.36. The molecule has 0 rings (SSSR count). The van der Waals surface area contributed by atoms with E-state index in [-0.39, 0.29) is 31.3 Å². The monoisotopic (exact) mass is 391 g/mol. The lowest BCUT2D eigenvalue weighted by atomic mass is 9.70. The Bertz CT molecular complexity index is 509. The molecule has 0 aromatic carbocycles. The van der Waals surface area contributed by atoms with Gasteiger partial charge >= 0.3 is 5.97 Å². The average Bonchev–Trinajstić information content (AvgIpc) is 2.54. The molecule has 10 heteroatoms. The molecule has 0 fully saturated rings. The SMILES string of the molecule is CC(C)(CC(C)(C)C(N)C(=O)O)C(=O)NC(CS)C(=O)NC(CN)CN. The summed E-state index contributed by atoms with van der Waals surface area (Å²) in [5, 5.41) is 14.4. The third kappa shape index (κ3) is 7.10. The Kier molecular flexibility index (Phi) is 9.57. The summed E-state index contributed by atoms with van der Waals surface area (Å²) in [6.45, 7) is 7.10.